The largest absolute Gasteiger partial charge is 0.381 e. The van der Waals surface area contributed by atoms with Crippen LogP contribution in [0, 0.1) is 5.92 Å². The second kappa shape index (κ2) is 19.2. The molecule has 0 radical (unpaired) electrons. The van der Waals surface area contributed by atoms with E-state index in [2.05, 4.69) is 41.3 Å². The number of unbranched alkanes of at least 4 members (excludes halogenated alkanes) is 1. The third-order valence-electron chi connectivity index (χ3n) is 4.84. The minimum atomic E-state index is 0. The van der Waals surface area contributed by atoms with Crippen molar-refractivity contribution in [2.24, 2.45) is 10.9 Å². The van der Waals surface area contributed by atoms with Crippen LogP contribution in [0.25, 0.3) is 0 Å². The van der Waals surface area contributed by atoms with Gasteiger partial charge in [-0.2, -0.15) is 0 Å². The highest BCUT2D eigenvalue weighted by atomic mass is 127. The number of nitrogens with one attached hydrogen (secondary N) is 2. The molecule has 0 saturated carbocycles. The van der Waals surface area contributed by atoms with Gasteiger partial charge in [-0.15, -0.1) is 24.0 Å². The molecular formula is C20H43IN4O2. The third-order valence-corrected chi connectivity index (χ3v) is 4.84. The van der Waals surface area contributed by atoms with Crippen molar-refractivity contribution in [1.29, 1.82) is 0 Å². The van der Waals surface area contributed by atoms with E-state index in [1.54, 1.807) is 0 Å². The first kappa shape index (κ1) is 26.9. The van der Waals surface area contributed by atoms with Gasteiger partial charge in [-0.05, 0) is 64.6 Å². The van der Waals surface area contributed by atoms with Crippen molar-refractivity contribution >= 4 is 29.9 Å². The zero-order chi connectivity index (χ0) is 18.9. The summed E-state index contributed by atoms with van der Waals surface area (Å²) in [6.07, 6.45) is 5.66. The van der Waals surface area contributed by atoms with Crippen molar-refractivity contribution in [2.75, 3.05) is 65.7 Å². The summed E-state index contributed by atoms with van der Waals surface area (Å²) in [4.78, 5) is 7.12. The average Bonchev–Trinajstić information content (AvgIpc) is 2.68. The van der Waals surface area contributed by atoms with Crippen LogP contribution in [-0.2, 0) is 9.47 Å². The molecule has 0 atom stereocenters. The van der Waals surface area contributed by atoms with Crippen molar-refractivity contribution in [3.8, 4) is 0 Å². The number of aliphatic imine (C=N–C) groups is 1. The van der Waals surface area contributed by atoms with Crippen LogP contribution in [0.5, 0.6) is 0 Å². The van der Waals surface area contributed by atoms with Crippen molar-refractivity contribution in [3.63, 3.8) is 0 Å². The molecule has 0 spiro atoms. The number of ether oxygens (including phenoxy) is 2. The first-order chi connectivity index (χ1) is 12.8. The zero-order valence-corrected chi connectivity index (χ0v) is 20.1. The lowest BCUT2D eigenvalue weighted by atomic mass is 10.0. The van der Waals surface area contributed by atoms with Gasteiger partial charge in [0.2, 0.25) is 0 Å². The summed E-state index contributed by atoms with van der Waals surface area (Å²) < 4.78 is 11.2. The molecule has 6 nitrogen and oxygen atoms in total. The zero-order valence-electron chi connectivity index (χ0n) is 17.8. The summed E-state index contributed by atoms with van der Waals surface area (Å²) in [5, 5.41) is 6.76. The Hall–Kier alpha value is -0.120. The van der Waals surface area contributed by atoms with Crippen molar-refractivity contribution < 1.29 is 9.47 Å². The van der Waals surface area contributed by atoms with E-state index in [-0.39, 0.29) is 24.0 Å². The lowest BCUT2D eigenvalue weighted by Crippen LogP contribution is -2.38. The molecule has 1 heterocycles. The Morgan fingerprint density at radius 2 is 1.81 bits per heavy atom. The standard InChI is InChI=1S/C20H42N4O2.HI/c1-4-21-20(22-12-7-8-14-24(5-2)6-3)23-13-9-15-26-18-19-10-16-25-17-11-19;/h19H,4-18H2,1-3H3,(H2,21,22,23);1H. The maximum absolute atomic E-state index is 5.80. The fourth-order valence-corrected chi connectivity index (χ4v) is 3.07. The van der Waals surface area contributed by atoms with Gasteiger partial charge in [0.15, 0.2) is 5.96 Å². The summed E-state index contributed by atoms with van der Waals surface area (Å²) in [7, 11) is 0. The number of hydrogen-bond donors (Lipinski definition) is 2. The minimum absolute atomic E-state index is 0. The molecular weight excluding hydrogens is 455 g/mol. The molecule has 7 heteroatoms. The Bertz CT molecular complexity index is 349. The van der Waals surface area contributed by atoms with Gasteiger partial charge in [-0.3, -0.25) is 4.99 Å². The number of halogens is 1. The second-order valence-corrected chi connectivity index (χ2v) is 6.91. The molecule has 0 bridgehead atoms. The molecule has 0 aromatic carbocycles. The molecule has 0 amide bonds. The van der Waals surface area contributed by atoms with Crippen LogP contribution in [0.15, 0.2) is 4.99 Å². The van der Waals surface area contributed by atoms with Gasteiger partial charge in [0.05, 0.1) is 0 Å². The first-order valence-corrected chi connectivity index (χ1v) is 10.7. The van der Waals surface area contributed by atoms with E-state index in [1.165, 1.54) is 19.4 Å². The molecule has 1 rings (SSSR count). The molecule has 27 heavy (non-hydrogen) atoms. The number of hydrogen-bond acceptors (Lipinski definition) is 4. The molecule has 162 valence electrons. The van der Waals surface area contributed by atoms with Gasteiger partial charge in [0.25, 0.3) is 0 Å². The smallest absolute Gasteiger partial charge is 0.191 e. The topological polar surface area (TPSA) is 58.1 Å². The first-order valence-electron chi connectivity index (χ1n) is 10.7. The molecule has 2 N–H and O–H groups in total. The molecule has 1 saturated heterocycles. The van der Waals surface area contributed by atoms with Gasteiger partial charge >= 0.3 is 0 Å². The van der Waals surface area contributed by atoms with E-state index < -0.39 is 0 Å². The second-order valence-electron chi connectivity index (χ2n) is 6.91. The van der Waals surface area contributed by atoms with Gasteiger partial charge < -0.3 is 25.0 Å². The maximum Gasteiger partial charge on any atom is 0.191 e. The summed E-state index contributed by atoms with van der Waals surface area (Å²) in [5.41, 5.74) is 0. The summed E-state index contributed by atoms with van der Waals surface area (Å²) in [5.74, 6) is 1.61. The van der Waals surface area contributed by atoms with Crippen LogP contribution in [0.3, 0.4) is 0 Å². The highest BCUT2D eigenvalue weighted by Crippen LogP contribution is 2.14. The number of nitrogens with zero attached hydrogens (tertiary/aromatic N) is 2. The predicted octanol–water partition coefficient (Wildman–Crippen LogP) is 3.11. The van der Waals surface area contributed by atoms with E-state index >= 15 is 0 Å². The minimum Gasteiger partial charge on any atom is -0.381 e. The highest BCUT2D eigenvalue weighted by Gasteiger charge is 2.13. The van der Waals surface area contributed by atoms with Crippen LogP contribution in [0.1, 0.15) is 52.9 Å². The quantitative estimate of drug-likeness (QED) is 0.167. The molecule has 0 unspecified atom stereocenters. The Morgan fingerprint density at radius 1 is 1.07 bits per heavy atom. The molecule has 0 aromatic heterocycles. The predicted molar refractivity (Wildman–Crippen MR) is 125 cm³/mol. The Labute approximate surface area is 184 Å². The fourth-order valence-electron chi connectivity index (χ4n) is 3.07. The van der Waals surface area contributed by atoms with E-state index in [9.17, 15) is 0 Å². The van der Waals surface area contributed by atoms with Crippen molar-refractivity contribution in [2.45, 2.75) is 52.9 Å². The summed E-state index contributed by atoms with van der Waals surface area (Å²) in [6, 6.07) is 0. The lowest BCUT2D eigenvalue weighted by Gasteiger charge is -2.21. The van der Waals surface area contributed by atoms with Crippen LogP contribution < -0.4 is 10.6 Å². The monoisotopic (exact) mass is 498 g/mol. The van der Waals surface area contributed by atoms with Gasteiger partial charge in [0, 0.05) is 46.1 Å². The Balaban J connectivity index is 0.00000676. The fraction of sp³-hybridized carbons (Fsp3) is 0.950. The maximum atomic E-state index is 5.80. The Kier molecular flexibility index (Phi) is 19.1. The molecule has 1 fully saturated rings. The van der Waals surface area contributed by atoms with Crippen LogP contribution in [-0.4, -0.2) is 76.6 Å². The van der Waals surface area contributed by atoms with E-state index in [1.807, 2.05) is 0 Å². The van der Waals surface area contributed by atoms with Crippen molar-refractivity contribution in [1.82, 2.24) is 15.5 Å². The Morgan fingerprint density at radius 3 is 2.48 bits per heavy atom. The van der Waals surface area contributed by atoms with Crippen LogP contribution >= 0.6 is 24.0 Å². The number of rotatable bonds is 14. The van der Waals surface area contributed by atoms with Crippen LogP contribution in [0.2, 0.25) is 0 Å². The van der Waals surface area contributed by atoms with Gasteiger partial charge in [-0.1, -0.05) is 13.8 Å². The summed E-state index contributed by atoms with van der Waals surface area (Å²) in [6.45, 7) is 16.2. The molecule has 0 aliphatic carbocycles. The van der Waals surface area contributed by atoms with E-state index in [0.29, 0.717) is 5.92 Å². The highest BCUT2D eigenvalue weighted by molar-refractivity contribution is 14.0. The molecule has 1 aliphatic heterocycles. The van der Waals surface area contributed by atoms with E-state index in [4.69, 9.17) is 9.47 Å². The average molecular weight is 498 g/mol. The third kappa shape index (κ3) is 14.5. The molecule has 1 aliphatic rings. The SMILES string of the molecule is CCNC(=NCCCOCC1CCOCC1)NCCCCN(CC)CC.I. The lowest BCUT2D eigenvalue weighted by molar-refractivity contribution is 0.0205. The van der Waals surface area contributed by atoms with Crippen molar-refractivity contribution in [3.05, 3.63) is 0 Å². The van der Waals surface area contributed by atoms with Crippen LogP contribution in [0.4, 0.5) is 0 Å². The van der Waals surface area contributed by atoms with E-state index in [0.717, 1.165) is 84.4 Å². The van der Waals surface area contributed by atoms with Gasteiger partial charge in [-0.25, -0.2) is 0 Å². The number of guanidine groups is 1. The summed E-state index contributed by atoms with van der Waals surface area (Å²) >= 11 is 0. The normalized spacial score (nSPS) is 15.6. The molecule has 0 aromatic rings. The van der Waals surface area contributed by atoms with Gasteiger partial charge in [0.1, 0.15) is 0 Å².